The molecule has 0 unspecified atom stereocenters. The molecule has 0 amide bonds. The van der Waals surface area contributed by atoms with Crippen molar-refractivity contribution >= 4 is 0 Å². The van der Waals surface area contributed by atoms with E-state index in [2.05, 4.69) is 30.6 Å². The van der Waals surface area contributed by atoms with Crippen molar-refractivity contribution in [1.29, 1.82) is 0 Å². The molecule has 1 aromatic rings. The molecule has 1 aromatic carbocycles. The van der Waals surface area contributed by atoms with E-state index < -0.39 is 5.60 Å². The van der Waals surface area contributed by atoms with Gasteiger partial charge in [-0.25, -0.2) is 0 Å². The van der Waals surface area contributed by atoms with E-state index in [4.69, 9.17) is 0 Å². The molecule has 1 atom stereocenters. The molecule has 2 heteroatoms. The molecular weight excluding hydrogens is 270 g/mol. The van der Waals surface area contributed by atoms with Gasteiger partial charge in [0, 0.05) is 5.92 Å². The minimum atomic E-state index is -0.991. The van der Waals surface area contributed by atoms with Crippen LogP contribution in [-0.2, 0) is 5.60 Å². The first-order valence-electron chi connectivity index (χ1n) is 8.71. The Morgan fingerprint density at radius 1 is 1.09 bits per heavy atom. The first-order valence-corrected chi connectivity index (χ1v) is 8.71. The third-order valence-electron chi connectivity index (χ3n) is 4.89. The maximum absolute atomic E-state index is 11.4. The number of benzene rings is 1. The van der Waals surface area contributed by atoms with Gasteiger partial charge in [0.15, 0.2) is 5.60 Å². The maximum Gasteiger partial charge on any atom is 0.153 e. The summed E-state index contributed by atoms with van der Waals surface area (Å²) in [6, 6.07) is 10.0. The fourth-order valence-electron chi connectivity index (χ4n) is 3.36. The standard InChI is InChI=1S/C20H29NO/c1-3-21(4-2)17-11-16-20(22,18-12-7-5-8-13-18)19-14-9-6-10-15-19/h5,7-8,12-13,19,22H,3-4,6,9-10,14-15,17H2,1-2H3/t20-/m0/s1. The molecule has 0 heterocycles. The molecule has 2 nitrogen and oxygen atoms in total. The summed E-state index contributed by atoms with van der Waals surface area (Å²) in [4.78, 5) is 2.28. The number of hydrogen-bond donors (Lipinski definition) is 1. The Bertz CT molecular complexity index is 491. The highest BCUT2D eigenvalue weighted by atomic mass is 16.3. The zero-order valence-electron chi connectivity index (χ0n) is 14.0. The van der Waals surface area contributed by atoms with Crippen molar-refractivity contribution in [2.24, 2.45) is 5.92 Å². The fraction of sp³-hybridized carbons (Fsp3) is 0.600. The van der Waals surface area contributed by atoms with Crippen molar-refractivity contribution in [3.05, 3.63) is 35.9 Å². The highest BCUT2D eigenvalue weighted by Crippen LogP contribution is 2.38. The van der Waals surface area contributed by atoms with Crippen LogP contribution in [0.15, 0.2) is 30.3 Å². The van der Waals surface area contributed by atoms with Crippen molar-refractivity contribution in [2.75, 3.05) is 19.6 Å². The Labute approximate surface area is 135 Å². The minimum absolute atomic E-state index is 0.257. The van der Waals surface area contributed by atoms with Crippen molar-refractivity contribution in [3.63, 3.8) is 0 Å². The molecule has 0 aliphatic heterocycles. The molecule has 1 fully saturated rings. The van der Waals surface area contributed by atoms with Crippen LogP contribution in [0.1, 0.15) is 51.5 Å². The number of rotatable bonds is 5. The lowest BCUT2D eigenvalue weighted by molar-refractivity contribution is 0.0158. The molecule has 22 heavy (non-hydrogen) atoms. The van der Waals surface area contributed by atoms with E-state index in [1.54, 1.807) is 0 Å². The highest BCUT2D eigenvalue weighted by Gasteiger charge is 2.37. The summed E-state index contributed by atoms with van der Waals surface area (Å²) in [6.45, 7) is 7.02. The average Bonchev–Trinajstić information content (AvgIpc) is 2.60. The Hall–Kier alpha value is -1.30. The molecule has 0 bridgehead atoms. The van der Waals surface area contributed by atoms with Gasteiger partial charge < -0.3 is 5.11 Å². The molecule has 1 N–H and O–H groups in total. The second kappa shape index (κ2) is 8.36. The summed E-state index contributed by atoms with van der Waals surface area (Å²) in [6.07, 6.45) is 5.85. The quantitative estimate of drug-likeness (QED) is 0.836. The number of hydrogen-bond acceptors (Lipinski definition) is 2. The van der Waals surface area contributed by atoms with Gasteiger partial charge in [-0.05, 0) is 31.5 Å². The Balaban J connectivity index is 2.23. The largest absolute Gasteiger partial charge is 0.373 e. The zero-order chi connectivity index (χ0) is 15.8. The van der Waals surface area contributed by atoms with Crippen LogP contribution in [0.3, 0.4) is 0 Å². The first-order chi connectivity index (χ1) is 10.7. The van der Waals surface area contributed by atoms with Crippen LogP contribution in [-0.4, -0.2) is 29.6 Å². The highest BCUT2D eigenvalue weighted by molar-refractivity contribution is 5.33. The van der Waals surface area contributed by atoms with Crippen LogP contribution >= 0.6 is 0 Å². The van der Waals surface area contributed by atoms with Gasteiger partial charge in [-0.1, -0.05) is 75.3 Å². The van der Waals surface area contributed by atoms with Gasteiger partial charge in [0.25, 0.3) is 0 Å². The molecule has 1 aliphatic carbocycles. The van der Waals surface area contributed by atoms with E-state index in [0.29, 0.717) is 0 Å². The van der Waals surface area contributed by atoms with Crippen LogP contribution in [0, 0.1) is 17.8 Å². The molecule has 0 aromatic heterocycles. The number of nitrogens with zero attached hydrogens (tertiary/aromatic N) is 1. The molecular formula is C20H29NO. The van der Waals surface area contributed by atoms with Crippen LogP contribution in [0.4, 0.5) is 0 Å². The monoisotopic (exact) mass is 299 g/mol. The first kappa shape index (κ1) is 17.1. The second-order valence-electron chi connectivity index (χ2n) is 6.23. The summed E-state index contributed by atoms with van der Waals surface area (Å²) in [7, 11) is 0. The van der Waals surface area contributed by atoms with Gasteiger partial charge in [0.05, 0.1) is 6.54 Å². The van der Waals surface area contributed by atoms with Gasteiger partial charge in [-0.2, -0.15) is 0 Å². The molecule has 0 spiro atoms. The third kappa shape index (κ3) is 4.12. The predicted octanol–water partition coefficient (Wildman–Crippen LogP) is 3.80. The summed E-state index contributed by atoms with van der Waals surface area (Å²) >= 11 is 0. The summed E-state index contributed by atoms with van der Waals surface area (Å²) in [5.41, 5.74) is -0.0385. The van der Waals surface area contributed by atoms with E-state index in [1.807, 2.05) is 30.3 Å². The lowest BCUT2D eigenvalue weighted by Crippen LogP contribution is -2.35. The molecule has 120 valence electrons. The lowest BCUT2D eigenvalue weighted by Gasteiger charge is -2.35. The van der Waals surface area contributed by atoms with Gasteiger partial charge in [0.2, 0.25) is 0 Å². The van der Waals surface area contributed by atoms with Crippen LogP contribution in [0.25, 0.3) is 0 Å². The zero-order valence-corrected chi connectivity index (χ0v) is 14.0. The number of aliphatic hydroxyl groups is 1. The van der Waals surface area contributed by atoms with Gasteiger partial charge in [0.1, 0.15) is 0 Å². The summed E-state index contributed by atoms with van der Waals surface area (Å²) in [5, 5.41) is 11.4. The average molecular weight is 299 g/mol. The summed E-state index contributed by atoms with van der Waals surface area (Å²) < 4.78 is 0. The maximum atomic E-state index is 11.4. The van der Waals surface area contributed by atoms with Gasteiger partial charge in [-0.15, -0.1) is 0 Å². The predicted molar refractivity (Wildman–Crippen MR) is 92.5 cm³/mol. The SMILES string of the molecule is CCN(CC)CC#C[C@](O)(c1ccccc1)C1CCCCC1. The molecule has 2 rings (SSSR count). The molecule has 0 saturated heterocycles. The topological polar surface area (TPSA) is 23.5 Å². The second-order valence-corrected chi connectivity index (χ2v) is 6.23. The van der Waals surface area contributed by atoms with E-state index in [0.717, 1.165) is 38.0 Å². The van der Waals surface area contributed by atoms with Crippen LogP contribution in [0.5, 0.6) is 0 Å². The van der Waals surface area contributed by atoms with E-state index >= 15 is 0 Å². The van der Waals surface area contributed by atoms with E-state index in [-0.39, 0.29) is 5.92 Å². The normalized spacial score (nSPS) is 18.5. The van der Waals surface area contributed by atoms with Crippen LogP contribution in [0.2, 0.25) is 0 Å². The van der Waals surface area contributed by atoms with E-state index in [9.17, 15) is 5.11 Å². The Morgan fingerprint density at radius 2 is 1.73 bits per heavy atom. The van der Waals surface area contributed by atoms with Crippen molar-refractivity contribution in [2.45, 2.75) is 51.6 Å². The summed E-state index contributed by atoms with van der Waals surface area (Å²) in [5.74, 6) is 6.75. The third-order valence-corrected chi connectivity index (χ3v) is 4.89. The minimum Gasteiger partial charge on any atom is -0.373 e. The lowest BCUT2D eigenvalue weighted by atomic mass is 9.73. The van der Waals surface area contributed by atoms with Crippen molar-refractivity contribution in [3.8, 4) is 11.8 Å². The molecule has 1 saturated carbocycles. The van der Waals surface area contributed by atoms with Crippen molar-refractivity contribution < 1.29 is 5.11 Å². The fourth-order valence-corrected chi connectivity index (χ4v) is 3.36. The smallest absolute Gasteiger partial charge is 0.153 e. The van der Waals surface area contributed by atoms with Crippen molar-refractivity contribution in [1.82, 2.24) is 4.90 Å². The van der Waals surface area contributed by atoms with E-state index in [1.165, 1.54) is 19.3 Å². The molecule has 1 aliphatic rings. The van der Waals surface area contributed by atoms with Gasteiger partial charge >= 0.3 is 0 Å². The molecule has 0 radical (unpaired) electrons. The Kier molecular flexibility index (Phi) is 6.49. The van der Waals surface area contributed by atoms with Crippen LogP contribution < -0.4 is 0 Å². The van der Waals surface area contributed by atoms with Gasteiger partial charge in [-0.3, -0.25) is 4.90 Å². The Morgan fingerprint density at radius 3 is 2.32 bits per heavy atom.